The topological polar surface area (TPSA) is 86.6 Å². The summed E-state index contributed by atoms with van der Waals surface area (Å²) in [5.74, 6) is -0.965. The summed E-state index contributed by atoms with van der Waals surface area (Å²) < 4.78 is 0. The summed E-state index contributed by atoms with van der Waals surface area (Å²) in [5.41, 5.74) is 1.71. The Kier molecular flexibility index (Phi) is 10.7. The van der Waals surface area contributed by atoms with Gasteiger partial charge < -0.3 is 15.5 Å². The summed E-state index contributed by atoms with van der Waals surface area (Å²) in [7, 11) is 0. The van der Waals surface area contributed by atoms with Crippen molar-refractivity contribution in [3.05, 3.63) is 53.6 Å². The number of benzene rings is 1. The molecule has 1 aromatic carbocycles. The number of carbonyl (C=O) groups is 2. The van der Waals surface area contributed by atoms with Crippen LogP contribution in [0.1, 0.15) is 58.4 Å². The van der Waals surface area contributed by atoms with E-state index in [-0.39, 0.29) is 12.2 Å². The first-order chi connectivity index (χ1) is 13.3. The van der Waals surface area contributed by atoms with E-state index in [1.165, 1.54) is 43.9 Å². The van der Waals surface area contributed by atoms with E-state index in [2.05, 4.69) is 25.2 Å². The smallest absolute Gasteiger partial charge is 0.326 e. The molecule has 2 atom stereocenters. The molecule has 0 aliphatic heterocycles. The molecular weight excluding hydrogens is 354 g/mol. The molecule has 5 nitrogen and oxygen atoms in total. The van der Waals surface area contributed by atoms with Crippen LogP contribution < -0.4 is 5.32 Å². The molecule has 0 bridgehead atoms. The number of aliphatic carboxylic acids is 1. The highest BCUT2D eigenvalue weighted by molar-refractivity contribution is 5.91. The van der Waals surface area contributed by atoms with Crippen molar-refractivity contribution in [2.24, 2.45) is 5.92 Å². The molecule has 0 unspecified atom stereocenters. The normalized spacial score (nSPS) is 14.0. The van der Waals surface area contributed by atoms with Crippen LogP contribution in [-0.2, 0) is 16.0 Å². The highest BCUT2D eigenvalue weighted by atomic mass is 16.4. The van der Waals surface area contributed by atoms with Gasteiger partial charge in [0.05, 0.1) is 0 Å². The minimum Gasteiger partial charge on any atom is -0.508 e. The first-order valence-corrected chi connectivity index (χ1v) is 9.99. The van der Waals surface area contributed by atoms with E-state index >= 15 is 0 Å². The molecule has 0 radical (unpaired) electrons. The maximum absolute atomic E-state index is 12.1. The molecule has 3 N–H and O–H groups in total. The van der Waals surface area contributed by atoms with Gasteiger partial charge in [0.2, 0.25) is 5.91 Å². The van der Waals surface area contributed by atoms with Crippen LogP contribution in [0, 0.1) is 5.92 Å². The fourth-order valence-electron chi connectivity index (χ4n) is 2.98. The Morgan fingerprint density at radius 2 is 1.79 bits per heavy atom. The number of rotatable bonds is 12. The van der Waals surface area contributed by atoms with Crippen molar-refractivity contribution in [1.29, 1.82) is 0 Å². The Morgan fingerprint density at radius 3 is 2.39 bits per heavy atom. The Hall–Kier alpha value is -2.56. The van der Waals surface area contributed by atoms with Crippen LogP contribution in [0.15, 0.2) is 48.1 Å². The molecule has 0 aliphatic carbocycles. The zero-order chi connectivity index (χ0) is 20.9. The van der Waals surface area contributed by atoms with Crippen LogP contribution in [0.25, 0.3) is 0 Å². The predicted octanol–water partition coefficient (Wildman–Crippen LogP) is 4.61. The van der Waals surface area contributed by atoms with Gasteiger partial charge in [-0.1, -0.05) is 69.4 Å². The van der Waals surface area contributed by atoms with Crippen LogP contribution in [0.3, 0.4) is 0 Å². The lowest BCUT2D eigenvalue weighted by atomic mass is 10.00. The molecule has 28 heavy (non-hydrogen) atoms. The number of carbonyl (C=O) groups excluding carboxylic acids is 1. The number of phenols is 1. The first kappa shape index (κ1) is 23.5. The van der Waals surface area contributed by atoms with E-state index in [9.17, 15) is 19.8 Å². The minimum atomic E-state index is -1.09. The molecule has 0 saturated carbocycles. The summed E-state index contributed by atoms with van der Waals surface area (Å²) in [6.45, 7) is 6.31. The summed E-state index contributed by atoms with van der Waals surface area (Å²) in [5, 5.41) is 21.2. The van der Waals surface area contributed by atoms with Crippen LogP contribution in [0.2, 0.25) is 0 Å². The Balaban J connectivity index is 2.55. The lowest BCUT2D eigenvalue weighted by Crippen LogP contribution is -2.41. The van der Waals surface area contributed by atoms with Gasteiger partial charge in [-0.2, -0.15) is 0 Å². The largest absolute Gasteiger partial charge is 0.508 e. The van der Waals surface area contributed by atoms with Gasteiger partial charge in [0.25, 0.3) is 0 Å². The number of nitrogens with one attached hydrogen (secondary N) is 1. The average Bonchev–Trinajstić information content (AvgIpc) is 2.64. The molecular formula is C23H33NO4. The van der Waals surface area contributed by atoms with Gasteiger partial charge in [-0.3, -0.25) is 4.79 Å². The van der Waals surface area contributed by atoms with Gasteiger partial charge in [-0.25, -0.2) is 4.79 Å². The molecule has 5 heteroatoms. The highest BCUT2D eigenvalue weighted by Gasteiger charge is 2.19. The highest BCUT2D eigenvalue weighted by Crippen LogP contribution is 2.14. The third kappa shape index (κ3) is 9.95. The molecule has 1 rings (SSSR count). The lowest BCUT2D eigenvalue weighted by molar-refractivity contribution is -0.141. The molecule has 0 heterocycles. The van der Waals surface area contributed by atoms with E-state index in [0.717, 1.165) is 17.6 Å². The van der Waals surface area contributed by atoms with Crippen molar-refractivity contribution in [2.45, 2.75) is 65.3 Å². The number of aromatic hydroxyl groups is 1. The minimum absolute atomic E-state index is 0.115. The van der Waals surface area contributed by atoms with Crippen molar-refractivity contribution >= 4 is 11.9 Å². The molecule has 0 spiro atoms. The standard InChI is InChI=1S/C23H33NO4/c1-4-5-6-7-8-17(2)15-18(3)9-14-22(26)24-21(23(27)28)16-19-10-12-20(25)13-11-19/h9-15,17,21,25H,4-8,16H2,1-3H3,(H,24,26)(H,27,28)/t17-,21-/m1/s1. The summed E-state index contributed by atoms with van der Waals surface area (Å²) in [6.07, 6.45) is 11.5. The van der Waals surface area contributed by atoms with E-state index in [0.29, 0.717) is 5.92 Å². The molecule has 0 saturated heterocycles. The van der Waals surface area contributed by atoms with Crippen molar-refractivity contribution < 1.29 is 19.8 Å². The average molecular weight is 388 g/mol. The molecule has 0 fully saturated rings. The second-order valence-corrected chi connectivity index (χ2v) is 7.34. The number of allylic oxidation sites excluding steroid dienone is 3. The van der Waals surface area contributed by atoms with Gasteiger partial charge in [-0.15, -0.1) is 0 Å². The van der Waals surface area contributed by atoms with E-state index in [1.807, 2.05) is 6.92 Å². The predicted molar refractivity (Wildman–Crippen MR) is 112 cm³/mol. The Bertz CT molecular complexity index is 676. The SMILES string of the molecule is CCCCCC[C@@H](C)C=C(C)C=CC(=O)N[C@H](Cc1ccc(O)cc1)C(=O)O. The number of unbranched alkanes of at least 4 members (excludes halogenated alkanes) is 3. The van der Waals surface area contributed by atoms with Crippen molar-refractivity contribution in [2.75, 3.05) is 0 Å². The number of phenolic OH excluding ortho intramolecular Hbond substituents is 1. The van der Waals surface area contributed by atoms with Gasteiger partial charge in [0.15, 0.2) is 0 Å². The van der Waals surface area contributed by atoms with Gasteiger partial charge in [0.1, 0.15) is 11.8 Å². The van der Waals surface area contributed by atoms with Crippen molar-refractivity contribution in [3.63, 3.8) is 0 Å². The maximum Gasteiger partial charge on any atom is 0.326 e. The quantitative estimate of drug-likeness (QED) is 0.278. The third-order valence-electron chi connectivity index (χ3n) is 4.55. The zero-order valence-electron chi connectivity index (χ0n) is 17.1. The number of carboxylic acid groups (broad SMARTS) is 1. The third-order valence-corrected chi connectivity index (χ3v) is 4.55. The first-order valence-electron chi connectivity index (χ1n) is 9.99. The van der Waals surface area contributed by atoms with Crippen molar-refractivity contribution in [1.82, 2.24) is 5.32 Å². The molecule has 0 aromatic heterocycles. The van der Waals surface area contributed by atoms with Crippen LogP contribution in [0.4, 0.5) is 0 Å². The summed E-state index contributed by atoms with van der Waals surface area (Å²) in [6, 6.07) is 5.24. The summed E-state index contributed by atoms with van der Waals surface area (Å²) >= 11 is 0. The number of hydrogen-bond acceptors (Lipinski definition) is 3. The lowest BCUT2D eigenvalue weighted by Gasteiger charge is -2.13. The molecule has 154 valence electrons. The summed E-state index contributed by atoms with van der Waals surface area (Å²) in [4.78, 5) is 23.5. The second-order valence-electron chi connectivity index (χ2n) is 7.34. The number of hydrogen-bond donors (Lipinski definition) is 3. The molecule has 1 amide bonds. The molecule has 0 aliphatic rings. The fourth-order valence-corrected chi connectivity index (χ4v) is 2.98. The Labute approximate surface area is 168 Å². The van der Waals surface area contributed by atoms with Crippen LogP contribution in [-0.4, -0.2) is 28.1 Å². The van der Waals surface area contributed by atoms with Gasteiger partial charge in [-0.05, 0) is 37.0 Å². The second kappa shape index (κ2) is 12.8. The number of carboxylic acids is 1. The molecule has 1 aromatic rings. The van der Waals surface area contributed by atoms with E-state index in [4.69, 9.17) is 0 Å². The Morgan fingerprint density at radius 1 is 1.11 bits per heavy atom. The van der Waals surface area contributed by atoms with E-state index in [1.54, 1.807) is 18.2 Å². The number of amides is 1. The van der Waals surface area contributed by atoms with Crippen LogP contribution in [0.5, 0.6) is 5.75 Å². The van der Waals surface area contributed by atoms with E-state index < -0.39 is 17.9 Å². The van der Waals surface area contributed by atoms with Gasteiger partial charge in [0, 0.05) is 12.5 Å². The zero-order valence-corrected chi connectivity index (χ0v) is 17.1. The fraction of sp³-hybridized carbons (Fsp3) is 0.478. The van der Waals surface area contributed by atoms with Crippen LogP contribution >= 0.6 is 0 Å². The van der Waals surface area contributed by atoms with Crippen molar-refractivity contribution in [3.8, 4) is 5.75 Å². The van der Waals surface area contributed by atoms with Gasteiger partial charge >= 0.3 is 5.97 Å². The monoisotopic (exact) mass is 387 g/mol. The maximum atomic E-state index is 12.1.